The largest absolute Gasteiger partial charge is 0.329 e. The summed E-state index contributed by atoms with van der Waals surface area (Å²) in [5.74, 6) is -1.57. The highest BCUT2D eigenvalue weighted by Gasteiger charge is 2.34. The molecule has 3 aromatic carbocycles. The predicted octanol–water partition coefficient (Wildman–Crippen LogP) is 4.20. The number of aromatic nitrogens is 2. The van der Waals surface area contributed by atoms with Crippen LogP contribution in [0.4, 0.5) is 13.6 Å². The minimum atomic E-state index is -0.679. The van der Waals surface area contributed by atoms with Crippen molar-refractivity contribution in [3.8, 4) is 16.9 Å². The Hall–Kier alpha value is -4.79. The highest BCUT2D eigenvalue weighted by molar-refractivity contribution is 6.14. The van der Waals surface area contributed by atoms with E-state index in [0.717, 1.165) is 4.90 Å². The zero-order valence-corrected chi connectivity index (χ0v) is 18.2. The van der Waals surface area contributed by atoms with Gasteiger partial charge in [0.2, 0.25) is 0 Å². The molecule has 174 valence electrons. The number of carbonyl (C=O) groups excluding carboxylic acids is 2. The lowest BCUT2D eigenvalue weighted by molar-refractivity contribution is -0.123. The highest BCUT2D eigenvalue weighted by Crippen LogP contribution is 2.24. The van der Waals surface area contributed by atoms with E-state index in [9.17, 15) is 23.2 Å². The number of benzene rings is 3. The fourth-order valence-electron chi connectivity index (χ4n) is 3.86. The van der Waals surface area contributed by atoms with Crippen LogP contribution in [0.5, 0.6) is 0 Å². The van der Waals surface area contributed by atoms with Crippen LogP contribution in [0.3, 0.4) is 0 Å². The van der Waals surface area contributed by atoms with E-state index in [-0.39, 0.29) is 17.8 Å². The monoisotopic (exact) mass is 472 g/mol. The lowest BCUT2D eigenvalue weighted by Gasteiger charge is -2.11. The van der Waals surface area contributed by atoms with E-state index >= 15 is 0 Å². The van der Waals surface area contributed by atoms with Crippen LogP contribution in [-0.2, 0) is 11.3 Å². The molecule has 1 fully saturated rings. The van der Waals surface area contributed by atoms with Crippen LogP contribution in [0.2, 0.25) is 0 Å². The smallest absolute Gasteiger partial charge is 0.303 e. The van der Waals surface area contributed by atoms with Crippen molar-refractivity contribution in [3.63, 3.8) is 0 Å². The van der Waals surface area contributed by atoms with Crippen molar-refractivity contribution in [2.75, 3.05) is 0 Å². The van der Waals surface area contributed by atoms with Gasteiger partial charge in [0, 0.05) is 5.56 Å². The van der Waals surface area contributed by atoms with Crippen molar-refractivity contribution < 1.29 is 18.4 Å². The maximum atomic E-state index is 13.5. The molecular weight excluding hydrogens is 454 g/mol. The number of carbonyl (C=O) groups is 2. The molecule has 0 saturated carbocycles. The molecule has 0 unspecified atom stereocenters. The molecule has 1 aliphatic rings. The number of nitrogens with zero attached hydrogens (tertiary/aromatic N) is 2. The Morgan fingerprint density at radius 2 is 1.57 bits per heavy atom. The third-order valence-electron chi connectivity index (χ3n) is 5.55. The second-order valence-electron chi connectivity index (χ2n) is 7.89. The molecular formula is C26H18F2N4O3. The van der Waals surface area contributed by atoms with Crippen LogP contribution in [0.25, 0.3) is 23.0 Å². The summed E-state index contributed by atoms with van der Waals surface area (Å²) in [6.07, 6.45) is 1.31. The summed E-state index contributed by atoms with van der Waals surface area (Å²) in [5.41, 5.74) is 1.48. The van der Waals surface area contributed by atoms with Crippen LogP contribution in [0, 0.1) is 11.6 Å². The molecule has 1 saturated heterocycles. The lowest BCUT2D eigenvalue weighted by atomic mass is 10.1. The number of urea groups is 1. The first-order valence-electron chi connectivity index (χ1n) is 10.7. The Kier molecular flexibility index (Phi) is 5.58. The molecule has 0 radical (unpaired) electrons. The van der Waals surface area contributed by atoms with Crippen molar-refractivity contribution in [1.82, 2.24) is 20.0 Å². The Balaban J connectivity index is 1.56. The predicted molar refractivity (Wildman–Crippen MR) is 125 cm³/mol. The Morgan fingerprint density at radius 1 is 0.829 bits per heavy atom. The SMILES string of the molecule is O=C1NC(=Cc2c(-c3ccccc3)[nH]n(-c3ccc(F)cc3)c2=O)C(=O)N1Cc1cccc(F)c1. The molecule has 7 nitrogen and oxygen atoms in total. The molecule has 1 aliphatic heterocycles. The third-order valence-corrected chi connectivity index (χ3v) is 5.55. The molecule has 0 atom stereocenters. The summed E-state index contributed by atoms with van der Waals surface area (Å²) in [5, 5.41) is 5.51. The number of hydrogen-bond donors (Lipinski definition) is 2. The van der Waals surface area contributed by atoms with Crippen LogP contribution >= 0.6 is 0 Å². The second-order valence-corrected chi connectivity index (χ2v) is 7.89. The lowest BCUT2D eigenvalue weighted by Crippen LogP contribution is -2.30. The number of rotatable bonds is 5. The van der Waals surface area contributed by atoms with Gasteiger partial charge < -0.3 is 5.32 Å². The van der Waals surface area contributed by atoms with Gasteiger partial charge in [-0.2, -0.15) is 0 Å². The van der Waals surface area contributed by atoms with Crippen molar-refractivity contribution >= 4 is 18.0 Å². The van der Waals surface area contributed by atoms with E-state index in [1.54, 1.807) is 30.3 Å². The van der Waals surface area contributed by atoms with Crippen molar-refractivity contribution in [2.24, 2.45) is 0 Å². The number of H-pyrrole nitrogens is 1. The highest BCUT2D eigenvalue weighted by atomic mass is 19.1. The topological polar surface area (TPSA) is 87.2 Å². The first-order chi connectivity index (χ1) is 16.9. The molecule has 0 spiro atoms. The van der Waals surface area contributed by atoms with Crippen LogP contribution < -0.4 is 10.9 Å². The Labute approximate surface area is 197 Å². The maximum absolute atomic E-state index is 13.5. The first kappa shape index (κ1) is 22.0. The van der Waals surface area contributed by atoms with E-state index in [0.29, 0.717) is 22.5 Å². The van der Waals surface area contributed by atoms with Gasteiger partial charge in [-0.05, 0) is 48.0 Å². The molecule has 1 aromatic heterocycles. The average molecular weight is 472 g/mol. The summed E-state index contributed by atoms with van der Waals surface area (Å²) in [6.45, 7) is -0.127. The molecule has 3 amide bonds. The standard InChI is InChI=1S/C26H18F2N4O3/c27-18-9-11-20(12-10-18)32-24(33)21(23(30-32)17-6-2-1-3-7-17)14-22-25(34)31(26(35)29-22)15-16-5-4-8-19(28)13-16/h1-14,30H,15H2,(H,29,35). The van der Waals surface area contributed by atoms with Gasteiger partial charge in [-0.15, -0.1) is 0 Å². The molecule has 35 heavy (non-hydrogen) atoms. The fourth-order valence-corrected chi connectivity index (χ4v) is 3.86. The van der Waals surface area contributed by atoms with Gasteiger partial charge >= 0.3 is 6.03 Å². The van der Waals surface area contributed by atoms with Crippen molar-refractivity contribution in [3.05, 3.63) is 118 Å². The number of nitrogens with one attached hydrogen (secondary N) is 2. The minimum Gasteiger partial charge on any atom is -0.303 e. The molecule has 4 aromatic rings. The number of hydrogen-bond acceptors (Lipinski definition) is 3. The number of amides is 3. The number of aromatic amines is 1. The molecule has 2 heterocycles. The quantitative estimate of drug-likeness (QED) is 0.337. The molecule has 0 bridgehead atoms. The van der Waals surface area contributed by atoms with Gasteiger partial charge in [0.15, 0.2) is 0 Å². The Bertz CT molecular complexity index is 1520. The fraction of sp³-hybridized carbons (Fsp3) is 0.0385. The maximum Gasteiger partial charge on any atom is 0.329 e. The van der Waals surface area contributed by atoms with Gasteiger partial charge in [-0.1, -0.05) is 42.5 Å². The van der Waals surface area contributed by atoms with Gasteiger partial charge in [-0.3, -0.25) is 19.6 Å². The van der Waals surface area contributed by atoms with E-state index in [1.165, 1.54) is 53.2 Å². The van der Waals surface area contributed by atoms with Crippen LogP contribution in [-0.4, -0.2) is 26.6 Å². The normalized spacial score (nSPS) is 14.6. The van der Waals surface area contributed by atoms with E-state index in [1.807, 2.05) is 6.07 Å². The molecule has 5 rings (SSSR count). The Morgan fingerprint density at radius 3 is 2.29 bits per heavy atom. The van der Waals surface area contributed by atoms with Gasteiger partial charge in [0.05, 0.1) is 23.5 Å². The minimum absolute atomic E-state index is 0.0917. The first-order valence-corrected chi connectivity index (χ1v) is 10.7. The van der Waals surface area contributed by atoms with Crippen molar-refractivity contribution in [2.45, 2.75) is 6.54 Å². The number of halogens is 2. The summed E-state index contributed by atoms with van der Waals surface area (Å²) in [6, 6.07) is 19.3. The van der Waals surface area contributed by atoms with E-state index < -0.39 is 29.1 Å². The zero-order valence-electron chi connectivity index (χ0n) is 18.2. The van der Waals surface area contributed by atoms with E-state index in [2.05, 4.69) is 10.4 Å². The van der Waals surface area contributed by atoms with Gasteiger partial charge in [-0.25, -0.2) is 18.3 Å². The summed E-state index contributed by atoms with van der Waals surface area (Å²) in [7, 11) is 0. The van der Waals surface area contributed by atoms with Gasteiger partial charge in [0.1, 0.15) is 17.3 Å². The summed E-state index contributed by atoms with van der Waals surface area (Å²) < 4.78 is 28.2. The second kappa shape index (κ2) is 8.86. The molecule has 0 aliphatic carbocycles. The third kappa shape index (κ3) is 4.26. The van der Waals surface area contributed by atoms with Crippen molar-refractivity contribution in [1.29, 1.82) is 0 Å². The zero-order chi connectivity index (χ0) is 24.5. The molecule has 9 heteroatoms. The van der Waals surface area contributed by atoms with Gasteiger partial charge in [0.25, 0.3) is 11.5 Å². The average Bonchev–Trinajstić information content (AvgIpc) is 3.31. The number of imide groups is 1. The van der Waals surface area contributed by atoms with E-state index in [4.69, 9.17) is 0 Å². The molecule has 2 N–H and O–H groups in total. The van der Waals surface area contributed by atoms with Crippen LogP contribution in [0.1, 0.15) is 11.1 Å². The van der Waals surface area contributed by atoms with Crippen LogP contribution in [0.15, 0.2) is 89.4 Å². The summed E-state index contributed by atoms with van der Waals surface area (Å²) in [4.78, 5) is 39.8. The summed E-state index contributed by atoms with van der Waals surface area (Å²) >= 11 is 0.